The number of aliphatic carboxylic acids is 1. The van der Waals surface area contributed by atoms with E-state index < -0.39 is 55.0 Å². The molecule has 0 aromatic rings. The maximum Gasteiger partial charge on any atom is 0.328 e. The average Bonchev–Trinajstić information content (AvgIpc) is 2.55. The Hall–Kier alpha value is -2.20. The fourth-order valence-electron chi connectivity index (χ4n) is 2.00. The predicted octanol–water partition coefficient (Wildman–Crippen LogP) is -1.82. The lowest BCUT2D eigenvalue weighted by atomic mass is 10.0. The molecule has 0 fully saturated rings. The minimum atomic E-state index is -1.45. The van der Waals surface area contributed by atoms with Gasteiger partial charge in [0.1, 0.15) is 12.1 Å². The summed E-state index contributed by atoms with van der Waals surface area (Å²) in [5.74, 6) is -3.20. The van der Waals surface area contributed by atoms with Crippen LogP contribution in [-0.2, 0) is 19.2 Å². The molecule has 0 heterocycles. The minimum Gasteiger partial charge on any atom is -0.480 e. The lowest BCUT2D eigenvalue weighted by Crippen LogP contribution is -2.54. The Balaban J connectivity index is 4.76. The third-order valence-electron chi connectivity index (χ3n) is 3.60. The van der Waals surface area contributed by atoms with Gasteiger partial charge in [-0.25, -0.2) is 4.79 Å². The number of carboxylic acid groups (broad SMARTS) is 1. The van der Waals surface area contributed by atoms with Gasteiger partial charge in [-0.1, -0.05) is 27.7 Å². The van der Waals surface area contributed by atoms with Gasteiger partial charge in [-0.3, -0.25) is 14.4 Å². The Labute approximate surface area is 152 Å². The molecule has 0 aliphatic heterocycles. The summed E-state index contributed by atoms with van der Waals surface area (Å²) in [4.78, 5) is 46.8. The minimum absolute atomic E-state index is 0.0981. The van der Waals surface area contributed by atoms with Crippen LogP contribution in [0.5, 0.6) is 0 Å². The van der Waals surface area contributed by atoms with Crippen molar-refractivity contribution in [2.75, 3.05) is 13.2 Å². The van der Waals surface area contributed by atoms with E-state index in [-0.39, 0.29) is 11.8 Å². The Bertz CT molecular complexity index is 509. The molecule has 7 N–H and O–H groups in total. The summed E-state index contributed by atoms with van der Waals surface area (Å²) in [6.07, 6.45) is 0.346. The van der Waals surface area contributed by atoms with Gasteiger partial charge in [0.25, 0.3) is 0 Å². The van der Waals surface area contributed by atoms with Crippen LogP contribution in [0.2, 0.25) is 0 Å². The highest BCUT2D eigenvalue weighted by Crippen LogP contribution is 2.06. The molecular formula is C16H30N4O6. The number of carboxylic acids is 1. The Morgan fingerprint density at radius 3 is 1.96 bits per heavy atom. The molecule has 0 saturated heterocycles. The molecule has 10 heteroatoms. The van der Waals surface area contributed by atoms with Gasteiger partial charge < -0.3 is 31.9 Å². The van der Waals surface area contributed by atoms with E-state index in [1.54, 1.807) is 13.8 Å². The second-order valence-corrected chi connectivity index (χ2v) is 6.82. The van der Waals surface area contributed by atoms with E-state index >= 15 is 0 Å². The summed E-state index contributed by atoms with van der Waals surface area (Å²) in [5, 5.41) is 24.6. The van der Waals surface area contributed by atoms with Crippen molar-refractivity contribution in [2.45, 2.75) is 52.2 Å². The number of carbonyl (C=O) groups is 4. The normalized spacial score (nSPS) is 14.5. The molecule has 3 atom stereocenters. The molecule has 150 valence electrons. The van der Waals surface area contributed by atoms with E-state index in [9.17, 15) is 19.2 Å². The van der Waals surface area contributed by atoms with Crippen molar-refractivity contribution in [2.24, 2.45) is 17.6 Å². The highest BCUT2D eigenvalue weighted by Gasteiger charge is 2.26. The molecule has 0 aliphatic rings. The van der Waals surface area contributed by atoms with Crippen LogP contribution in [0, 0.1) is 11.8 Å². The van der Waals surface area contributed by atoms with E-state index in [1.807, 2.05) is 13.8 Å². The second kappa shape index (κ2) is 11.4. The molecule has 26 heavy (non-hydrogen) atoms. The number of carbonyl (C=O) groups excluding carboxylic acids is 3. The van der Waals surface area contributed by atoms with Crippen molar-refractivity contribution in [3.8, 4) is 0 Å². The summed E-state index contributed by atoms with van der Waals surface area (Å²) >= 11 is 0. The standard InChI is InChI=1S/C16H30N4O6/c1-8(2)5-10(20-15(24)13(17)9(3)4)14(23)18-6-12(22)19-11(7-21)16(25)26/h8-11,13,21H,5-7,17H2,1-4H3,(H,18,23)(H,19,22)(H,20,24)(H,25,26). The maximum absolute atomic E-state index is 12.3. The monoisotopic (exact) mass is 374 g/mol. The first-order valence-corrected chi connectivity index (χ1v) is 8.46. The largest absolute Gasteiger partial charge is 0.480 e. The maximum atomic E-state index is 12.3. The zero-order valence-electron chi connectivity index (χ0n) is 15.6. The van der Waals surface area contributed by atoms with Crippen molar-refractivity contribution in [1.29, 1.82) is 0 Å². The fourth-order valence-corrected chi connectivity index (χ4v) is 2.00. The summed E-state index contributed by atoms with van der Waals surface area (Å²) in [5.41, 5.74) is 5.77. The summed E-state index contributed by atoms with van der Waals surface area (Å²) in [6, 6.07) is -3.08. The number of amides is 3. The van der Waals surface area contributed by atoms with Gasteiger partial charge in [-0.05, 0) is 18.3 Å². The number of aliphatic hydroxyl groups excluding tert-OH is 1. The topological polar surface area (TPSA) is 171 Å². The van der Waals surface area contributed by atoms with Gasteiger partial charge in [-0.15, -0.1) is 0 Å². The molecule has 3 unspecified atom stereocenters. The van der Waals surface area contributed by atoms with Gasteiger partial charge >= 0.3 is 5.97 Å². The van der Waals surface area contributed by atoms with Crippen LogP contribution >= 0.6 is 0 Å². The number of hydrogen-bond donors (Lipinski definition) is 6. The molecule has 0 rings (SSSR count). The van der Waals surface area contributed by atoms with Crippen molar-refractivity contribution < 1.29 is 29.4 Å². The van der Waals surface area contributed by atoms with Gasteiger partial charge in [-0.2, -0.15) is 0 Å². The number of hydrogen-bond acceptors (Lipinski definition) is 6. The van der Waals surface area contributed by atoms with Crippen LogP contribution in [0.4, 0.5) is 0 Å². The molecule has 0 bridgehead atoms. The molecule has 0 saturated carbocycles. The van der Waals surface area contributed by atoms with E-state index in [0.717, 1.165) is 0 Å². The Morgan fingerprint density at radius 2 is 1.54 bits per heavy atom. The van der Waals surface area contributed by atoms with E-state index in [1.165, 1.54) is 0 Å². The predicted molar refractivity (Wildman–Crippen MR) is 93.9 cm³/mol. The van der Waals surface area contributed by atoms with E-state index in [0.29, 0.717) is 6.42 Å². The zero-order valence-corrected chi connectivity index (χ0v) is 15.6. The lowest BCUT2D eigenvalue weighted by molar-refractivity contribution is -0.142. The number of nitrogens with one attached hydrogen (secondary N) is 3. The quantitative estimate of drug-likeness (QED) is 0.247. The molecule has 10 nitrogen and oxygen atoms in total. The molecule has 0 spiro atoms. The van der Waals surface area contributed by atoms with Crippen molar-refractivity contribution in [3.63, 3.8) is 0 Å². The van der Waals surface area contributed by atoms with Crippen molar-refractivity contribution >= 4 is 23.7 Å². The molecular weight excluding hydrogens is 344 g/mol. The van der Waals surface area contributed by atoms with Crippen LogP contribution in [0.15, 0.2) is 0 Å². The van der Waals surface area contributed by atoms with E-state index in [2.05, 4.69) is 16.0 Å². The molecule has 3 amide bonds. The Kier molecular flexibility index (Phi) is 10.5. The van der Waals surface area contributed by atoms with Gasteiger partial charge in [0, 0.05) is 0 Å². The van der Waals surface area contributed by atoms with Crippen LogP contribution in [0.1, 0.15) is 34.1 Å². The number of nitrogens with two attached hydrogens (primary N) is 1. The van der Waals surface area contributed by atoms with Crippen molar-refractivity contribution in [3.05, 3.63) is 0 Å². The average molecular weight is 374 g/mol. The van der Waals surface area contributed by atoms with Gasteiger partial charge in [0.2, 0.25) is 17.7 Å². The third-order valence-corrected chi connectivity index (χ3v) is 3.60. The first kappa shape index (κ1) is 23.8. The first-order chi connectivity index (χ1) is 12.0. The number of rotatable bonds is 11. The van der Waals surface area contributed by atoms with Crippen LogP contribution < -0.4 is 21.7 Å². The molecule has 0 radical (unpaired) electrons. The smallest absolute Gasteiger partial charge is 0.328 e. The first-order valence-electron chi connectivity index (χ1n) is 8.46. The van der Waals surface area contributed by atoms with Crippen LogP contribution in [-0.4, -0.2) is 65.2 Å². The molecule has 0 aromatic heterocycles. The summed E-state index contributed by atoms with van der Waals surface area (Å²) in [7, 11) is 0. The zero-order chi connectivity index (χ0) is 20.4. The highest BCUT2D eigenvalue weighted by molar-refractivity contribution is 5.92. The van der Waals surface area contributed by atoms with Crippen LogP contribution in [0.25, 0.3) is 0 Å². The SMILES string of the molecule is CC(C)CC(NC(=O)C(N)C(C)C)C(=O)NCC(=O)NC(CO)C(=O)O. The summed E-state index contributed by atoms with van der Waals surface area (Å²) < 4.78 is 0. The van der Waals surface area contributed by atoms with Gasteiger partial charge in [0.05, 0.1) is 19.2 Å². The summed E-state index contributed by atoms with van der Waals surface area (Å²) in [6.45, 7) is 6.07. The highest BCUT2D eigenvalue weighted by atomic mass is 16.4. The third kappa shape index (κ3) is 8.77. The second-order valence-electron chi connectivity index (χ2n) is 6.82. The van der Waals surface area contributed by atoms with E-state index in [4.69, 9.17) is 15.9 Å². The number of aliphatic hydroxyl groups is 1. The Morgan fingerprint density at radius 1 is 0.962 bits per heavy atom. The van der Waals surface area contributed by atoms with Crippen molar-refractivity contribution in [1.82, 2.24) is 16.0 Å². The van der Waals surface area contributed by atoms with Gasteiger partial charge in [0.15, 0.2) is 0 Å². The molecule has 0 aliphatic carbocycles. The van der Waals surface area contributed by atoms with Crippen LogP contribution in [0.3, 0.4) is 0 Å². The molecule has 0 aromatic carbocycles. The lowest BCUT2D eigenvalue weighted by Gasteiger charge is -2.23. The fraction of sp³-hybridized carbons (Fsp3) is 0.750.